The minimum Gasteiger partial charge on any atom is -0.385 e. The zero-order valence-corrected chi connectivity index (χ0v) is 22.0. The van der Waals surface area contributed by atoms with Crippen LogP contribution >= 0.6 is 0 Å². The number of carbonyl (C=O) groups is 2. The molecule has 7 nitrogen and oxygen atoms in total. The number of nitrogens with one attached hydrogen (secondary N) is 2. The largest absolute Gasteiger partial charge is 0.416 e. The van der Waals surface area contributed by atoms with Crippen molar-refractivity contribution in [2.45, 2.75) is 69.0 Å². The second-order valence-corrected chi connectivity index (χ2v) is 10.4. The maximum atomic E-state index is 13.0. The molecule has 2 unspecified atom stereocenters. The van der Waals surface area contributed by atoms with E-state index in [1.165, 1.54) is 6.07 Å². The molecule has 0 spiro atoms. The zero-order chi connectivity index (χ0) is 28.0. The number of nitrogens with zero attached hydrogens (tertiary/aromatic N) is 1. The van der Waals surface area contributed by atoms with Crippen LogP contribution in [0, 0.1) is 0 Å². The van der Waals surface area contributed by atoms with Gasteiger partial charge in [0.15, 0.2) is 0 Å². The lowest BCUT2D eigenvalue weighted by Crippen LogP contribution is -2.48. The molecule has 2 aromatic rings. The molecule has 4 rings (SSSR count). The smallest absolute Gasteiger partial charge is 0.385 e. The highest BCUT2D eigenvalue weighted by Crippen LogP contribution is 2.39. The van der Waals surface area contributed by atoms with Crippen molar-refractivity contribution in [3.63, 3.8) is 0 Å². The molecule has 1 saturated carbocycles. The molecule has 1 aliphatic carbocycles. The van der Waals surface area contributed by atoms with Gasteiger partial charge >= 0.3 is 6.18 Å². The van der Waals surface area contributed by atoms with E-state index in [4.69, 9.17) is 4.74 Å². The SMILES string of the molecule is CCCOC1CN(C2CCC(O)(c3ccccc3)CC2)CC1NC(=O)CNC(=O)c1cccc(C(F)(F)F)c1. The number of carbonyl (C=O) groups excluding carboxylic acids is 2. The fourth-order valence-electron chi connectivity index (χ4n) is 5.52. The minimum absolute atomic E-state index is 0.165. The van der Waals surface area contributed by atoms with Gasteiger partial charge in [0.25, 0.3) is 5.91 Å². The van der Waals surface area contributed by atoms with Gasteiger partial charge in [0, 0.05) is 31.3 Å². The number of likely N-dealkylation sites (tertiary alicyclic amines) is 1. The first-order valence-electron chi connectivity index (χ1n) is 13.5. The van der Waals surface area contributed by atoms with Crippen LogP contribution in [0.15, 0.2) is 54.6 Å². The number of benzene rings is 2. The van der Waals surface area contributed by atoms with Crippen molar-refractivity contribution in [1.29, 1.82) is 0 Å². The van der Waals surface area contributed by atoms with Crippen molar-refractivity contribution in [3.8, 4) is 0 Å². The third kappa shape index (κ3) is 7.38. The van der Waals surface area contributed by atoms with Gasteiger partial charge in [-0.1, -0.05) is 43.3 Å². The maximum absolute atomic E-state index is 13.0. The Kier molecular flexibility index (Phi) is 9.30. The lowest BCUT2D eigenvalue weighted by molar-refractivity contribution is -0.137. The van der Waals surface area contributed by atoms with E-state index in [1.807, 2.05) is 37.3 Å². The van der Waals surface area contributed by atoms with Crippen LogP contribution in [0.2, 0.25) is 0 Å². The van der Waals surface area contributed by atoms with Gasteiger partial charge in [-0.05, 0) is 55.9 Å². The van der Waals surface area contributed by atoms with Gasteiger partial charge in [-0.3, -0.25) is 14.5 Å². The average molecular weight is 548 g/mol. The Balaban J connectivity index is 1.31. The van der Waals surface area contributed by atoms with Crippen molar-refractivity contribution >= 4 is 11.8 Å². The number of hydrogen-bond acceptors (Lipinski definition) is 5. The molecule has 212 valence electrons. The van der Waals surface area contributed by atoms with Crippen LogP contribution in [0.1, 0.15) is 60.5 Å². The molecule has 2 amide bonds. The van der Waals surface area contributed by atoms with Gasteiger partial charge in [0.05, 0.1) is 29.9 Å². The summed E-state index contributed by atoms with van der Waals surface area (Å²) in [6.45, 7) is 3.43. The second kappa shape index (κ2) is 12.5. The standard InChI is InChI=1S/C29H36F3N3O4/c1-2-15-39-25-19-35(23-11-13-28(38,14-12-23)21-8-4-3-5-9-21)18-24(25)34-26(36)17-33-27(37)20-7-6-10-22(16-20)29(30,31)32/h3-10,16,23-25,38H,2,11-15,17-19H2,1H3,(H,33,37)(H,34,36). The summed E-state index contributed by atoms with van der Waals surface area (Å²) >= 11 is 0. The minimum atomic E-state index is -4.56. The number of ether oxygens (including phenoxy) is 1. The fraction of sp³-hybridized carbons (Fsp3) is 0.517. The maximum Gasteiger partial charge on any atom is 0.416 e. The summed E-state index contributed by atoms with van der Waals surface area (Å²) < 4.78 is 44.9. The van der Waals surface area contributed by atoms with Gasteiger partial charge < -0.3 is 20.5 Å². The average Bonchev–Trinajstić information content (AvgIpc) is 3.33. The molecule has 0 bridgehead atoms. The fourth-order valence-corrected chi connectivity index (χ4v) is 5.52. The van der Waals surface area contributed by atoms with E-state index in [9.17, 15) is 27.9 Å². The van der Waals surface area contributed by atoms with Crippen LogP contribution in [-0.2, 0) is 21.3 Å². The molecule has 39 heavy (non-hydrogen) atoms. The predicted molar refractivity (Wildman–Crippen MR) is 140 cm³/mol. The van der Waals surface area contributed by atoms with Gasteiger partial charge in [0.1, 0.15) is 0 Å². The van der Waals surface area contributed by atoms with Crippen LogP contribution in [0.25, 0.3) is 0 Å². The molecule has 2 fully saturated rings. The molecule has 0 aromatic heterocycles. The molecule has 2 atom stereocenters. The first kappa shape index (κ1) is 29.0. The lowest BCUT2D eigenvalue weighted by Gasteiger charge is -2.40. The summed E-state index contributed by atoms with van der Waals surface area (Å²) in [6.07, 6.45) is -1.01. The molecule has 1 aliphatic heterocycles. The van der Waals surface area contributed by atoms with E-state index >= 15 is 0 Å². The Labute approximate surface area is 226 Å². The van der Waals surface area contributed by atoms with E-state index < -0.39 is 29.2 Å². The molecule has 0 radical (unpaired) electrons. The third-order valence-electron chi connectivity index (χ3n) is 7.65. The Morgan fingerprint density at radius 3 is 2.46 bits per heavy atom. The molecule has 3 N–H and O–H groups in total. The van der Waals surface area contributed by atoms with Crippen molar-refractivity contribution < 1.29 is 32.6 Å². The quantitative estimate of drug-likeness (QED) is 0.444. The van der Waals surface area contributed by atoms with Crippen molar-refractivity contribution in [2.24, 2.45) is 0 Å². The van der Waals surface area contributed by atoms with Gasteiger partial charge in [-0.15, -0.1) is 0 Å². The first-order chi connectivity index (χ1) is 18.6. The molecule has 2 aliphatic rings. The van der Waals surface area contributed by atoms with Crippen molar-refractivity contribution in [3.05, 3.63) is 71.3 Å². The number of amides is 2. The molecule has 10 heteroatoms. The van der Waals surface area contributed by atoms with E-state index in [0.29, 0.717) is 32.5 Å². The highest BCUT2D eigenvalue weighted by atomic mass is 19.4. The Morgan fingerprint density at radius 2 is 1.79 bits per heavy atom. The molecule has 1 saturated heterocycles. The predicted octanol–water partition coefficient (Wildman–Crippen LogP) is 3.86. The summed E-state index contributed by atoms with van der Waals surface area (Å²) in [4.78, 5) is 27.4. The highest BCUT2D eigenvalue weighted by molar-refractivity contribution is 5.96. The van der Waals surface area contributed by atoms with E-state index in [2.05, 4.69) is 15.5 Å². The van der Waals surface area contributed by atoms with Crippen LogP contribution in [0.4, 0.5) is 13.2 Å². The topological polar surface area (TPSA) is 90.9 Å². The molecular formula is C29H36F3N3O4. The molecule has 2 aromatic carbocycles. The Bertz CT molecular complexity index is 1120. The molecule has 1 heterocycles. The summed E-state index contributed by atoms with van der Waals surface area (Å²) in [7, 11) is 0. The lowest BCUT2D eigenvalue weighted by atomic mass is 9.77. The van der Waals surface area contributed by atoms with E-state index in [0.717, 1.165) is 43.0 Å². The van der Waals surface area contributed by atoms with Crippen molar-refractivity contribution in [1.82, 2.24) is 15.5 Å². The van der Waals surface area contributed by atoms with Crippen LogP contribution in [0.5, 0.6) is 0 Å². The first-order valence-corrected chi connectivity index (χ1v) is 13.5. The van der Waals surface area contributed by atoms with E-state index in [1.54, 1.807) is 0 Å². The number of aliphatic hydroxyl groups is 1. The van der Waals surface area contributed by atoms with E-state index in [-0.39, 0.29) is 30.3 Å². The van der Waals surface area contributed by atoms with Crippen LogP contribution < -0.4 is 10.6 Å². The van der Waals surface area contributed by atoms with Gasteiger partial charge in [-0.25, -0.2) is 0 Å². The number of halogens is 3. The normalized spacial score (nSPS) is 25.8. The molecular weight excluding hydrogens is 511 g/mol. The summed E-state index contributed by atoms with van der Waals surface area (Å²) in [6, 6.07) is 13.8. The number of hydrogen-bond donors (Lipinski definition) is 3. The number of alkyl halides is 3. The Morgan fingerprint density at radius 1 is 1.08 bits per heavy atom. The Hall–Kier alpha value is -2.95. The van der Waals surface area contributed by atoms with Gasteiger partial charge in [0.2, 0.25) is 5.91 Å². The summed E-state index contributed by atoms with van der Waals surface area (Å²) in [5, 5.41) is 16.5. The third-order valence-corrected chi connectivity index (χ3v) is 7.65. The van der Waals surface area contributed by atoms with Crippen molar-refractivity contribution in [2.75, 3.05) is 26.2 Å². The summed E-state index contributed by atoms with van der Waals surface area (Å²) in [5.41, 5.74) is -0.986. The highest BCUT2D eigenvalue weighted by Gasteiger charge is 2.42. The van der Waals surface area contributed by atoms with Gasteiger partial charge in [-0.2, -0.15) is 13.2 Å². The summed E-state index contributed by atoms with van der Waals surface area (Å²) in [5.74, 6) is -1.19. The zero-order valence-electron chi connectivity index (χ0n) is 22.0. The second-order valence-electron chi connectivity index (χ2n) is 10.4. The monoisotopic (exact) mass is 547 g/mol. The van der Waals surface area contributed by atoms with Crippen LogP contribution in [0.3, 0.4) is 0 Å². The van der Waals surface area contributed by atoms with Crippen LogP contribution in [-0.4, -0.2) is 66.2 Å². The number of rotatable bonds is 9.